The maximum absolute atomic E-state index is 10.5. The Kier molecular flexibility index (Phi) is 5.78. The fourth-order valence-electron chi connectivity index (χ4n) is 0.467. The zero-order valence-corrected chi connectivity index (χ0v) is 7.27. The molecule has 0 aromatic rings. The number of hydrogen-bond acceptors (Lipinski definition) is 4. The first-order valence-corrected chi connectivity index (χ1v) is 3.51. The van der Waals surface area contributed by atoms with E-state index in [0.717, 1.165) is 12.4 Å². The molecule has 0 aromatic carbocycles. The fraction of sp³-hybridized carbons (Fsp3) is 0.125. The number of hydrazone groups is 1. The molecule has 0 aliphatic rings. The van der Waals surface area contributed by atoms with E-state index in [1.165, 1.54) is 0 Å². The molecule has 0 bridgehead atoms. The van der Waals surface area contributed by atoms with Crippen LogP contribution in [0, 0.1) is 0 Å². The highest BCUT2D eigenvalue weighted by atomic mass is 16.4. The van der Waals surface area contributed by atoms with Gasteiger partial charge in [-0.05, 0) is 13.6 Å². The SMILES string of the molecule is C=N/C=C(/C=N\N/C=C\C)C(=O)O. The molecule has 0 atom stereocenters. The van der Waals surface area contributed by atoms with Gasteiger partial charge in [-0.1, -0.05) is 6.08 Å². The Bertz CT molecular complexity index is 267. The Morgan fingerprint density at radius 1 is 1.62 bits per heavy atom. The van der Waals surface area contributed by atoms with Gasteiger partial charge < -0.3 is 5.11 Å². The molecule has 0 aliphatic heterocycles. The summed E-state index contributed by atoms with van der Waals surface area (Å²) < 4.78 is 0. The number of carboxylic acid groups (broad SMARTS) is 1. The Morgan fingerprint density at radius 3 is 2.77 bits per heavy atom. The van der Waals surface area contributed by atoms with Gasteiger partial charge in [0.25, 0.3) is 0 Å². The summed E-state index contributed by atoms with van der Waals surface area (Å²) in [5, 5.41) is 12.2. The average Bonchev–Trinajstić information content (AvgIpc) is 2.10. The number of carboxylic acids is 1. The molecule has 0 amide bonds. The van der Waals surface area contributed by atoms with Crippen LogP contribution in [0.15, 0.2) is 34.1 Å². The fourth-order valence-corrected chi connectivity index (χ4v) is 0.467. The molecule has 0 aromatic heterocycles. The zero-order chi connectivity index (χ0) is 10.1. The van der Waals surface area contributed by atoms with Crippen LogP contribution in [0.2, 0.25) is 0 Å². The van der Waals surface area contributed by atoms with Gasteiger partial charge in [-0.3, -0.25) is 10.4 Å². The lowest BCUT2D eigenvalue weighted by molar-refractivity contribution is -0.132. The van der Waals surface area contributed by atoms with Gasteiger partial charge >= 0.3 is 5.97 Å². The first kappa shape index (κ1) is 11.1. The molecule has 0 aliphatic carbocycles. The van der Waals surface area contributed by atoms with Gasteiger partial charge in [0.2, 0.25) is 0 Å². The third-order valence-electron chi connectivity index (χ3n) is 0.997. The van der Waals surface area contributed by atoms with Gasteiger partial charge in [-0.15, -0.1) is 0 Å². The minimum absolute atomic E-state index is 0.0352. The van der Waals surface area contributed by atoms with E-state index in [1.807, 2.05) is 6.92 Å². The van der Waals surface area contributed by atoms with Crippen molar-refractivity contribution < 1.29 is 9.90 Å². The third-order valence-corrected chi connectivity index (χ3v) is 0.997. The van der Waals surface area contributed by atoms with Gasteiger partial charge in [0.1, 0.15) is 0 Å². The second-order valence-corrected chi connectivity index (χ2v) is 1.96. The van der Waals surface area contributed by atoms with Crippen molar-refractivity contribution in [3.63, 3.8) is 0 Å². The van der Waals surface area contributed by atoms with E-state index in [4.69, 9.17) is 5.11 Å². The molecule has 0 saturated heterocycles. The quantitative estimate of drug-likeness (QED) is 0.373. The maximum atomic E-state index is 10.5. The van der Waals surface area contributed by atoms with E-state index in [-0.39, 0.29) is 5.57 Å². The number of aliphatic imine (C=N–C) groups is 1. The smallest absolute Gasteiger partial charge is 0.338 e. The lowest BCUT2D eigenvalue weighted by Crippen LogP contribution is -2.03. The summed E-state index contributed by atoms with van der Waals surface area (Å²) in [6.07, 6.45) is 5.56. The van der Waals surface area contributed by atoms with Gasteiger partial charge in [0, 0.05) is 12.4 Å². The van der Waals surface area contributed by atoms with E-state index >= 15 is 0 Å². The minimum atomic E-state index is -1.10. The lowest BCUT2D eigenvalue weighted by Gasteiger charge is -1.91. The van der Waals surface area contributed by atoms with E-state index in [0.29, 0.717) is 0 Å². The first-order valence-electron chi connectivity index (χ1n) is 3.51. The summed E-state index contributed by atoms with van der Waals surface area (Å²) in [5.74, 6) is -1.10. The number of hydrogen-bond donors (Lipinski definition) is 2. The van der Waals surface area contributed by atoms with Crippen LogP contribution >= 0.6 is 0 Å². The second-order valence-electron chi connectivity index (χ2n) is 1.96. The summed E-state index contributed by atoms with van der Waals surface area (Å²) in [6.45, 7) is 4.95. The molecule has 5 nitrogen and oxygen atoms in total. The molecule has 13 heavy (non-hydrogen) atoms. The molecule has 0 unspecified atom stereocenters. The highest BCUT2D eigenvalue weighted by Gasteiger charge is 2.01. The number of aliphatic carboxylic acids is 1. The van der Waals surface area contributed by atoms with Crippen LogP contribution in [0.5, 0.6) is 0 Å². The molecule has 0 fully saturated rings. The van der Waals surface area contributed by atoms with E-state index in [1.54, 1.807) is 12.3 Å². The molecule has 0 radical (unpaired) electrons. The van der Waals surface area contributed by atoms with Crippen molar-refractivity contribution in [2.24, 2.45) is 10.1 Å². The Morgan fingerprint density at radius 2 is 2.31 bits per heavy atom. The third kappa shape index (κ3) is 5.37. The predicted molar refractivity (Wildman–Crippen MR) is 51.7 cm³/mol. The molecule has 2 N–H and O–H groups in total. The van der Waals surface area contributed by atoms with E-state index in [2.05, 4.69) is 22.2 Å². The molecule has 0 heterocycles. The minimum Gasteiger partial charge on any atom is -0.478 e. The Hall–Kier alpha value is -1.91. The van der Waals surface area contributed by atoms with Gasteiger partial charge in [-0.25, -0.2) is 4.79 Å². The normalized spacial score (nSPS) is 12.2. The first-order chi connectivity index (χ1) is 6.22. The van der Waals surface area contributed by atoms with Crippen molar-refractivity contribution in [2.45, 2.75) is 6.92 Å². The van der Waals surface area contributed by atoms with Crippen LogP contribution in [-0.2, 0) is 4.79 Å². The van der Waals surface area contributed by atoms with Crippen LogP contribution in [-0.4, -0.2) is 24.0 Å². The van der Waals surface area contributed by atoms with Gasteiger partial charge in [-0.2, -0.15) is 5.10 Å². The number of rotatable bonds is 5. The topological polar surface area (TPSA) is 74.0 Å². The van der Waals surface area contributed by atoms with Crippen LogP contribution in [0.25, 0.3) is 0 Å². The average molecular weight is 181 g/mol. The van der Waals surface area contributed by atoms with Crippen molar-refractivity contribution in [3.8, 4) is 0 Å². The Balaban J connectivity index is 4.26. The van der Waals surface area contributed by atoms with Gasteiger partial charge in [0.05, 0.1) is 11.8 Å². The highest BCUT2D eigenvalue weighted by molar-refractivity contribution is 6.08. The Labute approximate surface area is 76.2 Å². The summed E-state index contributed by atoms with van der Waals surface area (Å²) in [4.78, 5) is 13.8. The van der Waals surface area contributed by atoms with Crippen LogP contribution in [0.4, 0.5) is 0 Å². The lowest BCUT2D eigenvalue weighted by atomic mass is 10.3. The molecule has 0 rings (SSSR count). The number of nitrogens with zero attached hydrogens (tertiary/aromatic N) is 2. The molecular formula is C8H11N3O2. The van der Waals surface area contributed by atoms with Crippen molar-refractivity contribution in [2.75, 3.05) is 0 Å². The van der Waals surface area contributed by atoms with Crippen molar-refractivity contribution in [1.29, 1.82) is 0 Å². The summed E-state index contributed by atoms with van der Waals surface area (Å²) in [5.41, 5.74) is 2.47. The standard InChI is InChI=1S/C8H11N3O2/c1-3-4-10-11-6-7(5-9-2)8(12)13/h3-6,10H,2H2,1H3,(H,12,13)/b4-3-,7-5-,11-6-. The number of allylic oxidation sites excluding steroid dienone is 1. The number of carbonyl (C=O) groups is 1. The monoisotopic (exact) mass is 181 g/mol. The summed E-state index contributed by atoms with van der Waals surface area (Å²) in [7, 11) is 0. The van der Waals surface area contributed by atoms with Crippen molar-refractivity contribution >= 4 is 18.9 Å². The number of nitrogens with one attached hydrogen (secondary N) is 1. The second kappa shape index (κ2) is 6.78. The molecule has 70 valence electrons. The van der Waals surface area contributed by atoms with Crippen molar-refractivity contribution in [3.05, 3.63) is 24.0 Å². The van der Waals surface area contributed by atoms with Crippen LogP contribution < -0.4 is 5.43 Å². The van der Waals surface area contributed by atoms with Crippen molar-refractivity contribution in [1.82, 2.24) is 5.43 Å². The summed E-state index contributed by atoms with van der Waals surface area (Å²) in [6, 6.07) is 0. The molecule has 0 saturated carbocycles. The predicted octanol–water partition coefficient (Wildman–Crippen LogP) is 0.765. The molecule has 0 spiro atoms. The maximum Gasteiger partial charge on any atom is 0.338 e. The van der Waals surface area contributed by atoms with Gasteiger partial charge in [0.15, 0.2) is 0 Å². The van der Waals surface area contributed by atoms with E-state index in [9.17, 15) is 4.79 Å². The molecular weight excluding hydrogens is 170 g/mol. The highest BCUT2D eigenvalue weighted by Crippen LogP contribution is 1.89. The van der Waals surface area contributed by atoms with Crippen LogP contribution in [0.1, 0.15) is 6.92 Å². The van der Waals surface area contributed by atoms with Crippen LogP contribution in [0.3, 0.4) is 0 Å². The van der Waals surface area contributed by atoms with E-state index < -0.39 is 5.97 Å². The molecule has 5 heteroatoms. The zero-order valence-electron chi connectivity index (χ0n) is 7.27. The summed E-state index contributed by atoms with van der Waals surface area (Å²) >= 11 is 0. The largest absolute Gasteiger partial charge is 0.478 e.